The van der Waals surface area contributed by atoms with Gasteiger partial charge in [0.2, 0.25) is 0 Å². The molecule has 2 rings (SSSR count). The number of hydrogen-bond acceptors (Lipinski definition) is 2. The first-order valence-electron chi connectivity index (χ1n) is 5.81. The topological polar surface area (TPSA) is 45.8 Å². The lowest BCUT2D eigenvalue weighted by Crippen LogP contribution is -2.20. The van der Waals surface area contributed by atoms with Crippen LogP contribution in [-0.2, 0) is 0 Å². The van der Waals surface area contributed by atoms with Gasteiger partial charge in [-0.3, -0.25) is 9.89 Å². The van der Waals surface area contributed by atoms with Crippen LogP contribution in [0.25, 0.3) is 10.9 Å². The van der Waals surface area contributed by atoms with E-state index in [1.807, 2.05) is 46.8 Å². The Balaban J connectivity index is 2.65. The zero-order valence-corrected chi connectivity index (χ0v) is 11.0. The number of nitrogens with zero attached hydrogens (tertiary/aromatic N) is 1. The average molecular weight is 230 g/mol. The molecule has 0 aliphatic carbocycles. The molecule has 17 heavy (non-hydrogen) atoms. The molecule has 90 valence electrons. The van der Waals surface area contributed by atoms with Gasteiger partial charge in [-0.2, -0.15) is 5.10 Å². The first kappa shape index (κ1) is 11.8. The lowest BCUT2D eigenvalue weighted by molar-refractivity contribution is 0.0858. The van der Waals surface area contributed by atoms with Crippen molar-refractivity contribution < 1.29 is 4.79 Å². The summed E-state index contributed by atoms with van der Waals surface area (Å²) >= 11 is 0. The molecular weight excluding hydrogens is 212 g/mol. The van der Waals surface area contributed by atoms with E-state index in [0.29, 0.717) is 0 Å². The van der Waals surface area contributed by atoms with E-state index in [0.717, 1.165) is 27.7 Å². The van der Waals surface area contributed by atoms with E-state index in [2.05, 4.69) is 10.2 Å². The van der Waals surface area contributed by atoms with E-state index in [1.54, 1.807) is 0 Å². The van der Waals surface area contributed by atoms with Gasteiger partial charge in [-0.25, -0.2) is 0 Å². The van der Waals surface area contributed by atoms with Crippen LogP contribution >= 0.6 is 0 Å². The van der Waals surface area contributed by atoms with Crippen molar-refractivity contribution in [3.63, 3.8) is 0 Å². The molecule has 1 aromatic heterocycles. The highest BCUT2D eigenvalue weighted by molar-refractivity contribution is 6.03. The summed E-state index contributed by atoms with van der Waals surface area (Å²) in [6.07, 6.45) is 0. The van der Waals surface area contributed by atoms with Crippen molar-refractivity contribution >= 4 is 16.7 Å². The van der Waals surface area contributed by atoms with Crippen molar-refractivity contribution in [1.82, 2.24) is 10.2 Å². The van der Waals surface area contributed by atoms with Crippen LogP contribution in [0.4, 0.5) is 0 Å². The van der Waals surface area contributed by atoms with Crippen LogP contribution in [0.5, 0.6) is 0 Å². The third-order valence-corrected chi connectivity index (χ3v) is 3.00. The monoisotopic (exact) mass is 230 g/mol. The van der Waals surface area contributed by atoms with Gasteiger partial charge in [0.15, 0.2) is 5.78 Å². The minimum atomic E-state index is -0.349. The van der Waals surface area contributed by atoms with Crippen molar-refractivity contribution in [2.24, 2.45) is 5.41 Å². The van der Waals surface area contributed by atoms with Gasteiger partial charge in [0.25, 0.3) is 0 Å². The molecule has 0 aliphatic heterocycles. The minimum Gasteiger partial charge on any atom is -0.294 e. The fourth-order valence-electron chi connectivity index (χ4n) is 1.99. The summed E-state index contributed by atoms with van der Waals surface area (Å²) < 4.78 is 0. The molecule has 1 heterocycles. The number of Topliss-reactive ketones (excluding diaryl/α,β-unsaturated/α-hetero) is 1. The molecule has 0 unspecified atom stereocenters. The first-order valence-corrected chi connectivity index (χ1v) is 5.81. The summed E-state index contributed by atoms with van der Waals surface area (Å²) in [7, 11) is 0. The second kappa shape index (κ2) is 3.69. The third-order valence-electron chi connectivity index (χ3n) is 3.00. The largest absolute Gasteiger partial charge is 0.294 e. The first-order chi connectivity index (χ1) is 7.80. The van der Waals surface area contributed by atoms with E-state index in [-0.39, 0.29) is 11.2 Å². The zero-order chi connectivity index (χ0) is 12.8. The van der Waals surface area contributed by atoms with E-state index < -0.39 is 0 Å². The number of hydrogen-bond donors (Lipinski definition) is 1. The Morgan fingerprint density at radius 3 is 2.47 bits per heavy atom. The van der Waals surface area contributed by atoms with E-state index in [4.69, 9.17) is 0 Å². The second-order valence-corrected chi connectivity index (χ2v) is 5.60. The van der Waals surface area contributed by atoms with Gasteiger partial charge in [-0.05, 0) is 31.5 Å². The molecule has 0 bridgehead atoms. The van der Waals surface area contributed by atoms with Crippen molar-refractivity contribution in [2.45, 2.75) is 34.6 Å². The molecule has 2 aromatic rings. The molecule has 3 nitrogen and oxygen atoms in total. The second-order valence-electron chi connectivity index (χ2n) is 5.60. The number of benzene rings is 1. The Hall–Kier alpha value is -1.64. The number of aromatic amines is 1. The number of fused-ring (bicyclic) bond motifs is 1. The molecule has 0 fully saturated rings. The fraction of sp³-hybridized carbons (Fsp3) is 0.429. The molecule has 1 aromatic carbocycles. The SMILES string of the molecule is Cc1n[nH]c2c(C)cc(C(=O)C(C)(C)C)cc12. The van der Waals surface area contributed by atoms with Gasteiger partial charge < -0.3 is 0 Å². The molecule has 0 saturated carbocycles. The lowest BCUT2D eigenvalue weighted by Gasteiger charge is -2.17. The van der Waals surface area contributed by atoms with Crippen molar-refractivity contribution in [3.05, 3.63) is 29.0 Å². The van der Waals surface area contributed by atoms with Crippen molar-refractivity contribution in [1.29, 1.82) is 0 Å². The number of carbonyl (C=O) groups excluding carboxylic acids is 1. The van der Waals surface area contributed by atoms with Crippen LogP contribution in [0.15, 0.2) is 12.1 Å². The van der Waals surface area contributed by atoms with Crippen LogP contribution in [0.2, 0.25) is 0 Å². The van der Waals surface area contributed by atoms with Gasteiger partial charge in [0.1, 0.15) is 0 Å². The molecule has 3 heteroatoms. The lowest BCUT2D eigenvalue weighted by atomic mass is 9.85. The maximum Gasteiger partial charge on any atom is 0.168 e. The van der Waals surface area contributed by atoms with E-state index in [9.17, 15) is 4.79 Å². The summed E-state index contributed by atoms with van der Waals surface area (Å²) in [5.74, 6) is 0.170. The Morgan fingerprint density at radius 1 is 1.24 bits per heavy atom. The van der Waals surface area contributed by atoms with Gasteiger partial charge in [0, 0.05) is 16.4 Å². The van der Waals surface area contributed by atoms with Crippen LogP contribution in [-0.4, -0.2) is 16.0 Å². The standard InChI is InChI=1S/C14H18N2O/c1-8-6-10(13(17)14(3,4)5)7-11-9(2)15-16-12(8)11/h6-7H,1-5H3,(H,15,16). The number of rotatable bonds is 1. The van der Waals surface area contributed by atoms with E-state index >= 15 is 0 Å². The molecule has 0 aliphatic rings. The molecule has 0 amide bonds. The maximum absolute atomic E-state index is 12.3. The summed E-state index contributed by atoms with van der Waals surface area (Å²) in [5, 5.41) is 8.22. The van der Waals surface area contributed by atoms with Crippen molar-refractivity contribution in [2.75, 3.05) is 0 Å². The quantitative estimate of drug-likeness (QED) is 0.763. The predicted molar refractivity (Wildman–Crippen MR) is 69.4 cm³/mol. The minimum absolute atomic E-state index is 0.170. The van der Waals surface area contributed by atoms with Gasteiger partial charge in [-0.15, -0.1) is 0 Å². The summed E-state index contributed by atoms with van der Waals surface area (Å²) in [6, 6.07) is 3.88. The molecule has 0 saturated heterocycles. The molecular formula is C14H18N2O. The smallest absolute Gasteiger partial charge is 0.168 e. The predicted octanol–water partition coefficient (Wildman–Crippen LogP) is 3.41. The summed E-state index contributed by atoms with van der Waals surface area (Å²) in [5.41, 5.74) is 3.44. The zero-order valence-electron chi connectivity index (χ0n) is 11.0. The third kappa shape index (κ3) is 1.97. The highest BCUT2D eigenvalue weighted by Gasteiger charge is 2.23. The molecule has 0 atom stereocenters. The number of aryl methyl sites for hydroxylation is 2. The molecule has 0 spiro atoms. The Labute approximate surface area is 101 Å². The van der Waals surface area contributed by atoms with Crippen molar-refractivity contribution in [3.8, 4) is 0 Å². The van der Waals surface area contributed by atoms with Crippen LogP contribution in [0.3, 0.4) is 0 Å². The van der Waals surface area contributed by atoms with Crippen LogP contribution < -0.4 is 0 Å². The number of ketones is 1. The highest BCUT2D eigenvalue weighted by atomic mass is 16.1. The number of aromatic nitrogens is 2. The maximum atomic E-state index is 12.3. The Morgan fingerprint density at radius 2 is 1.88 bits per heavy atom. The Kier molecular flexibility index (Phi) is 2.57. The number of nitrogens with one attached hydrogen (secondary N) is 1. The molecule has 0 radical (unpaired) electrons. The van der Waals surface area contributed by atoms with Crippen LogP contribution in [0, 0.1) is 19.3 Å². The van der Waals surface area contributed by atoms with Crippen LogP contribution in [0.1, 0.15) is 42.4 Å². The van der Waals surface area contributed by atoms with E-state index in [1.165, 1.54) is 0 Å². The van der Waals surface area contributed by atoms with Gasteiger partial charge in [-0.1, -0.05) is 20.8 Å². The molecule has 1 N–H and O–H groups in total. The average Bonchev–Trinajstić information content (AvgIpc) is 2.59. The summed E-state index contributed by atoms with van der Waals surface area (Å²) in [6.45, 7) is 9.77. The number of H-pyrrole nitrogens is 1. The summed E-state index contributed by atoms with van der Waals surface area (Å²) in [4.78, 5) is 12.3. The fourth-order valence-corrected chi connectivity index (χ4v) is 1.99. The van der Waals surface area contributed by atoms with Gasteiger partial charge >= 0.3 is 0 Å². The Bertz CT molecular complexity index is 588. The number of carbonyl (C=O) groups is 1. The normalized spacial score (nSPS) is 12.1. The highest BCUT2D eigenvalue weighted by Crippen LogP contribution is 2.26. The van der Waals surface area contributed by atoms with Gasteiger partial charge in [0.05, 0.1) is 11.2 Å².